The molecule has 0 saturated carbocycles. The SMILES string of the molecule is CCn1ccn(CC(=O)c2ccccc2OC)c1=O. The van der Waals surface area contributed by atoms with Gasteiger partial charge in [-0.25, -0.2) is 4.79 Å². The summed E-state index contributed by atoms with van der Waals surface area (Å²) in [6.45, 7) is 2.49. The molecule has 5 nitrogen and oxygen atoms in total. The van der Waals surface area contributed by atoms with E-state index >= 15 is 0 Å². The molecule has 0 fully saturated rings. The van der Waals surface area contributed by atoms with Crippen LogP contribution in [0.25, 0.3) is 0 Å². The zero-order valence-corrected chi connectivity index (χ0v) is 11.0. The summed E-state index contributed by atoms with van der Waals surface area (Å²) in [5, 5.41) is 0. The van der Waals surface area contributed by atoms with Crippen molar-refractivity contribution in [1.82, 2.24) is 9.13 Å². The Morgan fingerprint density at radius 1 is 1.21 bits per heavy atom. The lowest BCUT2D eigenvalue weighted by atomic mass is 10.1. The fraction of sp³-hybridized carbons (Fsp3) is 0.286. The van der Waals surface area contributed by atoms with Gasteiger partial charge in [0.15, 0.2) is 5.78 Å². The molecular weight excluding hydrogens is 244 g/mol. The van der Waals surface area contributed by atoms with E-state index in [4.69, 9.17) is 4.74 Å². The van der Waals surface area contributed by atoms with Crippen molar-refractivity contribution in [3.05, 3.63) is 52.7 Å². The molecule has 1 aromatic carbocycles. The lowest BCUT2D eigenvalue weighted by Gasteiger charge is -2.07. The van der Waals surface area contributed by atoms with Crippen molar-refractivity contribution in [1.29, 1.82) is 0 Å². The van der Waals surface area contributed by atoms with Crippen molar-refractivity contribution in [3.63, 3.8) is 0 Å². The number of methoxy groups -OCH3 is 1. The summed E-state index contributed by atoms with van der Waals surface area (Å²) in [5.74, 6) is 0.379. The first kappa shape index (κ1) is 13.1. The Kier molecular flexibility index (Phi) is 3.85. The lowest BCUT2D eigenvalue weighted by molar-refractivity contribution is 0.0967. The number of carbonyl (C=O) groups is 1. The summed E-state index contributed by atoms with van der Waals surface area (Å²) in [6.07, 6.45) is 3.30. The Hall–Kier alpha value is -2.30. The minimum atomic E-state index is -0.175. The number of para-hydroxylation sites is 1. The van der Waals surface area contributed by atoms with Gasteiger partial charge in [-0.15, -0.1) is 0 Å². The molecule has 1 aromatic heterocycles. The standard InChI is InChI=1S/C14H16N2O3/c1-3-15-8-9-16(14(15)18)10-12(17)11-6-4-5-7-13(11)19-2/h4-9H,3,10H2,1-2H3. The van der Waals surface area contributed by atoms with Crippen LogP contribution in [0.15, 0.2) is 41.5 Å². The van der Waals surface area contributed by atoms with Gasteiger partial charge >= 0.3 is 5.69 Å². The number of ketones is 1. The van der Waals surface area contributed by atoms with Crippen LogP contribution in [-0.4, -0.2) is 22.0 Å². The molecule has 0 aliphatic carbocycles. The van der Waals surface area contributed by atoms with Crippen LogP contribution in [0.2, 0.25) is 0 Å². The first-order valence-electron chi connectivity index (χ1n) is 6.09. The maximum Gasteiger partial charge on any atom is 0.328 e. The molecule has 19 heavy (non-hydrogen) atoms. The predicted molar refractivity (Wildman–Crippen MR) is 71.7 cm³/mol. The first-order valence-corrected chi connectivity index (χ1v) is 6.09. The van der Waals surface area contributed by atoms with Crippen molar-refractivity contribution in [3.8, 4) is 5.75 Å². The van der Waals surface area contributed by atoms with E-state index in [2.05, 4.69) is 0 Å². The maximum absolute atomic E-state index is 12.2. The molecule has 100 valence electrons. The number of nitrogens with zero attached hydrogens (tertiary/aromatic N) is 2. The molecule has 0 radical (unpaired) electrons. The van der Waals surface area contributed by atoms with Gasteiger partial charge in [-0.05, 0) is 19.1 Å². The highest BCUT2D eigenvalue weighted by Crippen LogP contribution is 2.18. The highest BCUT2D eigenvalue weighted by atomic mass is 16.5. The molecule has 0 aliphatic heterocycles. The van der Waals surface area contributed by atoms with Crippen LogP contribution >= 0.6 is 0 Å². The van der Waals surface area contributed by atoms with Gasteiger partial charge in [0, 0.05) is 18.9 Å². The van der Waals surface area contributed by atoms with Gasteiger partial charge < -0.3 is 4.74 Å². The van der Waals surface area contributed by atoms with Gasteiger partial charge in [0.05, 0.1) is 19.2 Å². The van der Waals surface area contributed by atoms with Crippen molar-refractivity contribution in [2.75, 3.05) is 7.11 Å². The smallest absolute Gasteiger partial charge is 0.328 e. The molecule has 0 N–H and O–H groups in total. The number of rotatable bonds is 5. The minimum absolute atomic E-state index is 0.0200. The molecule has 0 unspecified atom stereocenters. The van der Waals surface area contributed by atoms with E-state index in [1.807, 2.05) is 6.92 Å². The lowest BCUT2D eigenvalue weighted by Crippen LogP contribution is -2.26. The second-order valence-corrected chi connectivity index (χ2v) is 4.12. The quantitative estimate of drug-likeness (QED) is 0.767. The van der Waals surface area contributed by atoms with E-state index in [0.29, 0.717) is 17.9 Å². The van der Waals surface area contributed by atoms with Gasteiger partial charge in [-0.3, -0.25) is 13.9 Å². The zero-order chi connectivity index (χ0) is 13.8. The summed E-state index contributed by atoms with van der Waals surface area (Å²) in [5.41, 5.74) is 0.312. The number of aryl methyl sites for hydroxylation is 1. The Morgan fingerprint density at radius 3 is 2.53 bits per heavy atom. The molecule has 0 saturated heterocycles. The third-order valence-corrected chi connectivity index (χ3v) is 2.98. The van der Waals surface area contributed by atoms with Crippen LogP contribution in [-0.2, 0) is 13.1 Å². The summed E-state index contributed by atoms with van der Waals surface area (Å²) < 4.78 is 8.10. The van der Waals surface area contributed by atoms with Crippen molar-refractivity contribution in [2.24, 2.45) is 0 Å². The molecule has 2 aromatic rings. The summed E-state index contributed by atoms with van der Waals surface area (Å²) in [6, 6.07) is 7.00. The Balaban J connectivity index is 2.26. The highest BCUT2D eigenvalue weighted by molar-refractivity contribution is 5.98. The van der Waals surface area contributed by atoms with E-state index in [9.17, 15) is 9.59 Å². The number of ether oxygens (including phenoxy) is 1. The van der Waals surface area contributed by atoms with E-state index in [1.165, 1.54) is 11.7 Å². The fourth-order valence-electron chi connectivity index (χ4n) is 1.93. The Morgan fingerprint density at radius 2 is 1.89 bits per heavy atom. The number of carbonyl (C=O) groups excluding carboxylic acids is 1. The topological polar surface area (TPSA) is 53.2 Å². The molecule has 2 rings (SSSR count). The van der Waals surface area contributed by atoms with Crippen LogP contribution in [0.4, 0.5) is 0 Å². The van der Waals surface area contributed by atoms with Gasteiger partial charge in [0.25, 0.3) is 0 Å². The van der Waals surface area contributed by atoms with Gasteiger partial charge in [-0.1, -0.05) is 12.1 Å². The molecular formula is C14H16N2O3. The summed E-state index contributed by atoms with van der Waals surface area (Å²) in [7, 11) is 1.52. The molecule has 1 heterocycles. The van der Waals surface area contributed by atoms with E-state index in [1.54, 1.807) is 41.2 Å². The highest BCUT2D eigenvalue weighted by Gasteiger charge is 2.13. The van der Waals surface area contributed by atoms with Crippen LogP contribution < -0.4 is 10.4 Å². The Labute approximate surface area is 111 Å². The van der Waals surface area contributed by atoms with Crippen LogP contribution in [0.3, 0.4) is 0 Å². The number of Topliss-reactive ketones (excluding diaryl/α,β-unsaturated/α-hetero) is 1. The normalized spacial score (nSPS) is 10.4. The van der Waals surface area contributed by atoms with Crippen LogP contribution in [0.1, 0.15) is 17.3 Å². The van der Waals surface area contributed by atoms with E-state index in [-0.39, 0.29) is 18.0 Å². The zero-order valence-electron chi connectivity index (χ0n) is 11.0. The average Bonchev–Trinajstić information content (AvgIpc) is 2.79. The van der Waals surface area contributed by atoms with Crippen LogP contribution in [0, 0.1) is 0 Å². The summed E-state index contributed by atoms with van der Waals surface area (Å²) in [4.78, 5) is 24.1. The molecule has 0 bridgehead atoms. The molecule has 0 aliphatic rings. The van der Waals surface area contributed by atoms with Gasteiger partial charge in [0.1, 0.15) is 5.75 Å². The number of imidazole rings is 1. The van der Waals surface area contributed by atoms with Gasteiger partial charge in [0.2, 0.25) is 0 Å². The summed E-state index contributed by atoms with van der Waals surface area (Å²) >= 11 is 0. The monoisotopic (exact) mass is 260 g/mol. The van der Waals surface area contributed by atoms with Crippen molar-refractivity contribution >= 4 is 5.78 Å². The number of hydrogen-bond donors (Lipinski definition) is 0. The second kappa shape index (κ2) is 5.56. The predicted octanol–water partition coefficient (Wildman–Crippen LogP) is 1.56. The Bertz CT molecular complexity index is 640. The van der Waals surface area contributed by atoms with E-state index in [0.717, 1.165) is 0 Å². The number of benzene rings is 1. The third kappa shape index (κ3) is 2.59. The second-order valence-electron chi connectivity index (χ2n) is 4.12. The maximum atomic E-state index is 12.2. The third-order valence-electron chi connectivity index (χ3n) is 2.98. The van der Waals surface area contributed by atoms with E-state index < -0.39 is 0 Å². The molecule has 5 heteroatoms. The van der Waals surface area contributed by atoms with Crippen molar-refractivity contribution in [2.45, 2.75) is 20.0 Å². The number of hydrogen-bond acceptors (Lipinski definition) is 3. The average molecular weight is 260 g/mol. The van der Waals surface area contributed by atoms with Crippen molar-refractivity contribution < 1.29 is 9.53 Å². The fourth-order valence-corrected chi connectivity index (χ4v) is 1.93. The van der Waals surface area contributed by atoms with Crippen LogP contribution in [0.5, 0.6) is 5.75 Å². The minimum Gasteiger partial charge on any atom is -0.496 e. The van der Waals surface area contributed by atoms with Gasteiger partial charge in [-0.2, -0.15) is 0 Å². The largest absolute Gasteiger partial charge is 0.496 e. The first-order chi connectivity index (χ1) is 9.17. The molecule has 0 amide bonds. The number of aromatic nitrogens is 2. The molecule has 0 atom stereocenters. The molecule has 0 spiro atoms.